The summed E-state index contributed by atoms with van der Waals surface area (Å²) in [5, 5.41) is 5.38. The lowest BCUT2D eigenvalue weighted by molar-refractivity contribution is -0.147. The van der Waals surface area contributed by atoms with Crippen molar-refractivity contribution in [2.75, 3.05) is 7.11 Å². The van der Waals surface area contributed by atoms with Crippen molar-refractivity contribution in [1.82, 2.24) is 10.6 Å². The number of carbonyl (C=O) groups is 3. The Bertz CT molecular complexity index is 656. The van der Waals surface area contributed by atoms with Gasteiger partial charge in [-0.2, -0.15) is 0 Å². The van der Waals surface area contributed by atoms with Crippen molar-refractivity contribution in [3.8, 4) is 0 Å². The van der Waals surface area contributed by atoms with E-state index in [2.05, 4.69) is 10.6 Å². The zero-order chi connectivity index (χ0) is 19.8. The van der Waals surface area contributed by atoms with Crippen molar-refractivity contribution >= 4 is 17.8 Å². The molecule has 7 heteroatoms. The highest BCUT2D eigenvalue weighted by Crippen LogP contribution is 2.27. The number of esters is 1. The maximum absolute atomic E-state index is 13.1. The summed E-state index contributed by atoms with van der Waals surface area (Å²) in [5.41, 5.74) is 0.706. The standard InChI is InChI=1S/C20H27FN2O4/c1-13(24)22-17(12-14-8-10-16(21)11-9-14)19(25)23-18(20(26)27-2)15-6-4-3-5-7-15/h8-11,15,17-18H,3-7,12H2,1-2H3,(H,22,24)(H,23,25)/t17-,18-/m0/s1. The lowest BCUT2D eigenvalue weighted by Crippen LogP contribution is -2.54. The number of rotatable bonds is 7. The summed E-state index contributed by atoms with van der Waals surface area (Å²) < 4.78 is 18.0. The van der Waals surface area contributed by atoms with Crippen LogP contribution in [0.1, 0.15) is 44.6 Å². The summed E-state index contributed by atoms with van der Waals surface area (Å²) in [4.78, 5) is 36.6. The van der Waals surface area contributed by atoms with Crippen LogP contribution in [0.2, 0.25) is 0 Å². The Balaban J connectivity index is 2.12. The van der Waals surface area contributed by atoms with Gasteiger partial charge in [0.25, 0.3) is 0 Å². The molecule has 1 aromatic rings. The van der Waals surface area contributed by atoms with Gasteiger partial charge in [0.15, 0.2) is 0 Å². The molecule has 2 amide bonds. The number of halogens is 1. The normalized spacial score (nSPS) is 16.9. The largest absolute Gasteiger partial charge is 0.467 e. The predicted octanol–water partition coefficient (Wildman–Crippen LogP) is 2.11. The van der Waals surface area contributed by atoms with E-state index in [9.17, 15) is 18.8 Å². The smallest absolute Gasteiger partial charge is 0.328 e. The van der Waals surface area contributed by atoms with E-state index >= 15 is 0 Å². The highest BCUT2D eigenvalue weighted by molar-refractivity contribution is 5.90. The Kier molecular flexibility index (Phi) is 7.76. The molecular formula is C20H27FN2O4. The zero-order valence-electron chi connectivity index (χ0n) is 15.8. The maximum atomic E-state index is 13.1. The Morgan fingerprint density at radius 1 is 1.11 bits per heavy atom. The SMILES string of the molecule is COC(=O)[C@@H](NC(=O)[C@H](Cc1ccc(F)cc1)NC(C)=O)C1CCCCC1. The third kappa shape index (κ3) is 6.34. The highest BCUT2D eigenvalue weighted by atomic mass is 19.1. The van der Waals surface area contributed by atoms with Gasteiger partial charge in [-0.15, -0.1) is 0 Å². The molecule has 2 N–H and O–H groups in total. The van der Waals surface area contributed by atoms with Gasteiger partial charge in [-0.25, -0.2) is 9.18 Å². The molecule has 1 aliphatic carbocycles. The molecule has 0 heterocycles. The molecule has 0 aliphatic heterocycles. The Labute approximate surface area is 158 Å². The number of nitrogens with one attached hydrogen (secondary N) is 2. The van der Waals surface area contributed by atoms with Crippen LogP contribution in [0.3, 0.4) is 0 Å². The van der Waals surface area contributed by atoms with Crippen LogP contribution in [0.15, 0.2) is 24.3 Å². The van der Waals surface area contributed by atoms with E-state index in [0.717, 1.165) is 32.1 Å². The van der Waals surface area contributed by atoms with Crippen LogP contribution >= 0.6 is 0 Å². The Hall–Kier alpha value is -2.44. The lowest BCUT2D eigenvalue weighted by Gasteiger charge is -2.30. The van der Waals surface area contributed by atoms with Gasteiger partial charge in [-0.1, -0.05) is 31.4 Å². The molecule has 1 aliphatic rings. The van der Waals surface area contributed by atoms with Gasteiger partial charge in [0, 0.05) is 13.3 Å². The van der Waals surface area contributed by atoms with Crippen molar-refractivity contribution in [1.29, 1.82) is 0 Å². The van der Waals surface area contributed by atoms with Gasteiger partial charge in [0.05, 0.1) is 7.11 Å². The molecule has 2 atom stereocenters. The second kappa shape index (κ2) is 10.0. The van der Waals surface area contributed by atoms with E-state index in [1.54, 1.807) is 12.1 Å². The van der Waals surface area contributed by atoms with Crippen LogP contribution in [0, 0.1) is 11.7 Å². The fourth-order valence-corrected chi connectivity index (χ4v) is 3.53. The zero-order valence-corrected chi connectivity index (χ0v) is 15.8. The van der Waals surface area contributed by atoms with Crippen LogP contribution in [0.4, 0.5) is 4.39 Å². The average molecular weight is 378 g/mol. The van der Waals surface area contributed by atoms with Gasteiger partial charge in [-0.05, 0) is 36.5 Å². The van der Waals surface area contributed by atoms with Gasteiger partial charge in [0.1, 0.15) is 17.9 Å². The Morgan fingerprint density at radius 2 is 1.74 bits per heavy atom. The number of amides is 2. The topological polar surface area (TPSA) is 84.5 Å². The van der Waals surface area contributed by atoms with Gasteiger partial charge in [0.2, 0.25) is 11.8 Å². The summed E-state index contributed by atoms with van der Waals surface area (Å²) in [6.45, 7) is 1.32. The molecule has 6 nitrogen and oxygen atoms in total. The highest BCUT2D eigenvalue weighted by Gasteiger charge is 2.33. The molecule has 27 heavy (non-hydrogen) atoms. The second-order valence-corrected chi connectivity index (χ2v) is 6.99. The number of carbonyl (C=O) groups excluding carboxylic acids is 3. The first-order chi connectivity index (χ1) is 12.9. The van der Waals surface area contributed by atoms with Gasteiger partial charge in [-0.3, -0.25) is 9.59 Å². The maximum Gasteiger partial charge on any atom is 0.328 e. The molecule has 0 spiro atoms. The molecule has 0 bridgehead atoms. The van der Waals surface area contributed by atoms with Crippen LogP contribution in [-0.2, 0) is 25.5 Å². The summed E-state index contributed by atoms with van der Waals surface area (Å²) in [7, 11) is 1.30. The summed E-state index contributed by atoms with van der Waals surface area (Å²) in [5.74, 6) is -1.63. The Morgan fingerprint density at radius 3 is 2.30 bits per heavy atom. The fraction of sp³-hybridized carbons (Fsp3) is 0.550. The first kappa shape index (κ1) is 20.9. The number of hydrogen-bond donors (Lipinski definition) is 2. The van der Waals surface area contributed by atoms with Crippen LogP contribution < -0.4 is 10.6 Å². The first-order valence-electron chi connectivity index (χ1n) is 9.30. The molecule has 0 saturated heterocycles. The van der Waals surface area contributed by atoms with E-state index in [1.807, 2.05) is 0 Å². The van der Waals surface area contributed by atoms with E-state index < -0.39 is 24.0 Å². The molecule has 1 aromatic carbocycles. The minimum absolute atomic E-state index is 0.0268. The van der Waals surface area contributed by atoms with Crippen molar-refractivity contribution in [3.05, 3.63) is 35.6 Å². The molecule has 2 rings (SSSR count). The second-order valence-electron chi connectivity index (χ2n) is 6.99. The molecule has 1 fully saturated rings. The number of benzene rings is 1. The van der Waals surface area contributed by atoms with Crippen molar-refractivity contribution in [3.63, 3.8) is 0 Å². The summed E-state index contributed by atoms with van der Waals surface area (Å²) in [6, 6.07) is 4.15. The van der Waals surface area contributed by atoms with E-state index in [0.29, 0.717) is 5.56 Å². The van der Waals surface area contributed by atoms with E-state index in [-0.39, 0.29) is 24.1 Å². The molecule has 148 valence electrons. The molecule has 0 radical (unpaired) electrons. The lowest BCUT2D eigenvalue weighted by atomic mass is 9.83. The number of ether oxygens (including phenoxy) is 1. The van der Waals surface area contributed by atoms with Crippen LogP contribution in [-0.4, -0.2) is 37.0 Å². The third-order valence-corrected chi connectivity index (χ3v) is 4.92. The van der Waals surface area contributed by atoms with Crippen molar-refractivity contribution < 1.29 is 23.5 Å². The number of hydrogen-bond acceptors (Lipinski definition) is 4. The molecule has 1 saturated carbocycles. The molecular weight excluding hydrogens is 351 g/mol. The minimum atomic E-state index is -0.858. The molecule has 0 aromatic heterocycles. The van der Waals surface area contributed by atoms with Gasteiger partial charge < -0.3 is 15.4 Å². The fourth-order valence-electron chi connectivity index (χ4n) is 3.53. The predicted molar refractivity (Wildman–Crippen MR) is 98.2 cm³/mol. The first-order valence-corrected chi connectivity index (χ1v) is 9.30. The van der Waals surface area contributed by atoms with Crippen molar-refractivity contribution in [2.24, 2.45) is 5.92 Å². The van der Waals surface area contributed by atoms with Crippen LogP contribution in [0.25, 0.3) is 0 Å². The third-order valence-electron chi connectivity index (χ3n) is 4.92. The summed E-state index contributed by atoms with van der Waals surface area (Å²) in [6.07, 6.45) is 5.05. The average Bonchev–Trinajstić information content (AvgIpc) is 2.66. The van der Waals surface area contributed by atoms with Gasteiger partial charge >= 0.3 is 5.97 Å². The summed E-state index contributed by atoms with van der Waals surface area (Å²) >= 11 is 0. The van der Waals surface area contributed by atoms with Crippen molar-refractivity contribution in [2.45, 2.75) is 57.5 Å². The monoisotopic (exact) mass is 378 g/mol. The molecule has 0 unspecified atom stereocenters. The van der Waals surface area contributed by atoms with E-state index in [4.69, 9.17) is 4.74 Å². The minimum Gasteiger partial charge on any atom is -0.467 e. The quantitative estimate of drug-likeness (QED) is 0.712. The van der Waals surface area contributed by atoms with E-state index in [1.165, 1.54) is 26.2 Å². The van der Waals surface area contributed by atoms with Crippen LogP contribution in [0.5, 0.6) is 0 Å². The number of methoxy groups -OCH3 is 1.